The zero-order chi connectivity index (χ0) is 18.6. The van der Waals surface area contributed by atoms with Gasteiger partial charge in [0.05, 0.1) is 31.8 Å². The van der Waals surface area contributed by atoms with Gasteiger partial charge in [0.1, 0.15) is 11.4 Å². The zero-order valence-electron chi connectivity index (χ0n) is 14.5. The molecule has 0 saturated carbocycles. The molecule has 0 aliphatic heterocycles. The molecule has 0 saturated heterocycles. The standard InChI is InChI=1S/C19H17N5O3/c1-26-15-5-2-4-13(8-15)11-24-12-14(10-20-24)21-19(25)17-9-16(22-23-17)18-6-3-7-27-18/h2-10,12H,11H2,1H3,(H,21,25)(H,22,23). The van der Waals surface area contributed by atoms with E-state index in [0.717, 1.165) is 11.3 Å². The quantitative estimate of drug-likeness (QED) is 0.548. The van der Waals surface area contributed by atoms with Crippen LogP contribution in [-0.4, -0.2) is 33.0 Å². The zero-order valence-corrected chi connectivity index (χ0v) is 14.5. The molecule has 0 radical (unpaired) electrons. The first-order valence-electron chi connectivity index (χ1n) is 8.27. The molecule has 8 nitrogen and oxygen atoms in total. The summed E-state index contributed by atoms with van der Waals surface area (Å²) in [6.45, 7) is 0.568. The molecule has 0 atom stereocenters. The van der Waals surface area contributed by atoms with Crippen LogP contribution < -0.4 is 10.1 Å². The third kappa shape index (κ3) is 3.74. The predicted octanol–water partition coefficient (Wildman–Crippen LogP) is 3.18. The summed E-state index contributed by atoms with van der Waals surface area (Å²) in [5.74, 6) is 1.08. The number of aromatic nitrogens is 4. The first-order chi connectivity index (χ1) is 13.2. The van der Waals surface area contributed by atoms with Crippen LogP contribution in [0.4, 0.5) is 5.69 Å². The van der Waals surface area contributed by atoms with Crippen LogP contribution in [0.25, 0.3) is 11.5 Å². The van der Waals surface area contributed by atoms with Crippen LogP contribution in [0.2, 0.25) is 0 Å². The number of rotatable bonds is 6. The van der Waals surface area contributed by atoms with Gasteiger partial charge in [0.2, 0.25) is 0 Å². The highest BCUT2D eigenvalue weighted by atomic mass is 16.5. The fourth-order valence-electron chi connectivity index (χ4n) is 2.66. The van der Waals surface area contributed by atoms with Gasteiger partial charge in [-0.1, -0.05) is 12.1 Å². The Morgan fingerprint density at radius 3 is 3.04 bits per heavy atom. The molecule has 1 amide bonds. The molecule has 3 aromatic heterocycles. The van der Waals surface area contributed by atoms with Gasteiger partial charge < -0.3 is 14.5 Å². The van der Waals surface area contributed by atoms with Crippen molar-refractivity contribution in [2.24, 2.45) is 0 Å². The Hall–Kier alpha value is -3.81. The number of carbonyl (C=O) groups excluding carboxylic acids is 1. The number of benzene rings is 1. The van der Waals surface area contributed by atoms with Crippen molar-refractivity contribution in [1.82, 2.24) is 20.0 Å². The number of amides is 1. The maximum absolute atomic E-state index is 12.4. The molecule has 0 bridgehead atoms. The molecular weight excluding hydrogens is 346 g/mol. The third-order valence-electron chi connectivity index (χ3n) is 3.97. The lowest BCUT2D eigenvalue weighted by Crippen LogP contribution is -2.11. The van der Waals surface area contributed by atoms with Crippen molar-refractivity contribution in [1.29, 1.82) is 0 Å². The lowest BCUT2D eigenvalue weighted by Gasteiger charge is -2.04. The van der Waals surface area contributed by atoms with Crippen LogP contribution in [0.1, 0.15) is 16.1 Å². The molecule has 0 spiro atoms. The highest BCUT2D eigenvalue weighted by Crippen LogP contribution is 2.19. The average molecular weight is 363 g/mol. The number of hydrogen-bond acceptors (Lipinski definition) is 5. The van der Waals surface area contributed by atoms with E-state index in [2.05, 4.69) is 20.6 Å². The molecule has 0 aliphatic carbocycles. The molecule has 0 unspecified atom stereocenters. The largest absolute Gasteiger partial charge is 0.497 e. The fourth-order valence-corrected chi connectivity index (χ4v) is 2.66. The van der Waals surface area contributed by atoms with Gasteiger partial charge in [-0.15, -0.1) is 0 Å². The lowest BCUT2D eigenvalue weighted by atomic mass is 10.2. The number of carbonyl (C=O) groups is 1. The number of methoxy groups -OCH3 is 1. The summed E-state index contributed by atoms with van der Waals surface area (Å²) >= 11 is 0. The van der Waals surface area contributed by atoms with Gasteiger partial charge in [0.15, 0.2) is 11.5 Å². The molecule has 4 rings (SSSR count). The minimum atomic E-state index is -0.329. The van der Waals surface area contributed by atoms with E-state index in [1.807, 2.05) is 24.3 Å². The second kappa shape index (κ2) is 7.20. The van der Waals surface area contributed by atoms with E-state index in [1.165, 1.54) is 0 Å². The van der Waals surface area contributed by atoms with Crippen LogP contribution >= 0.6 is 0 Å². The maximum Gasteiger partial charge on any atom is 0.276 e. The Kier molecular flexibility index (Phi) is 4.44. The van der Waals surface area contributed by atoms with Gasteiger partial charge in [0.25, 0.3) is 5.91 Å². The number of furan rings is 1. The first-order valence-corrected chi connectivity index (χ1v) is 8.27. The van der Waals surface area contributed by atoms with Crippen LogP contribution in [0, 0.1) is 0 Å². The van der Waals surface area contributed by atoms with E-state index in [-0.39, 0.29) is 11.6 Å². The van der Waals surface area contributed by atoms with Crippen LogP contribution in [0.15, 0.2) is 65.5 Å². The molecular formula is C19H17N5O3. The van der Waals surface area contributed by atoms with Crippen molar-refractivity contribution in [3.05, 3.63) is 72.4 Å². The van der Waals surface area contributed by atoms with Gasteiger partial charge in [-0.3, -0.25) is 14.6 Å². The number of H-pyrrole nitrogens is 1. The number of nitrogens with zero attached hydrogens (tertiary/aromatic N) is 3. The van der Waals surface area contributed by atoms with Gasteiger partial charge in [-0.05, 0) is 29.8 Å². The van der Waals surface area contributed by atoms with Crippen molar-refractivity contribution >= 4 is 11.6 Å². The maximum atomic E-state index is 12.4. The molecule has 0 aliphatic rings. The van der Waals surface area contributed by atoms with Gasteiger partial charge in [-0.2, -0.15) is 10.2 Å². The van der Waals surface area contributed by atoms with Crippen molar-refractivity contribution < 1.29 is 13.9 Å². The van der Waals surface area contributed by atoms with E-state index in [0.29, 0.717) is 23.7 Å². The van der Waals surface area contributed by atoms with Crippen molar-refractivity contribution in [2.45, 2.75) is 6.54 Å². The SMILES string of the molecule is COc1cccc(Cn2cc(NC(=O)c3cc(-c4ccco4)[nH]n3)cn2)c1. The lowest BCUT2D eigenvalue weighted by molar-refractivity contribution is 0.102. The summed E-state index contributed by atoms with van der Waals surface area (Å²) in [5.41, 5.74) is 2.54. The topological polar surface area (TPSA) is 98.0 Å². The summed E-state index contributed by atoms with van der Waals surface area (Å²) < 4.78 is 12.2. The molecule has 1 aromatic carbocycles. The Morgan fingerprint density at radius 1 is 1.30 bits per heavy atom. The molecule has 0 fully saturated rings. The molecule has 4 aromatic rings. The number of nitrogens with one attached hydrogen (secondary N) is 2. The summed E-state index contributed by atoms with van der Waals surface area (Å²) in [7, 11) is 1.63. The average Bonchev–Trinajstić information content (AvgIpc) is 3.43. The number of aromatic amines is 1. The van der Waals surface area contributed by atoms with E-state index < -0.39 is 0 Å². The highest BCUT2D eigenvalue weighted by Gasteiger charge is 2.13. The van der Waals surface area contributed by atoms with E-state index >= 15 is 0 Å². The Labute approximate surface area is 154 Å². The second-order valence-electron chi connectivity index (χ2n) is 5.88. The van der Waals surface area contributed by atoms with Crippen LogP contribution in [0.5, 0.6) is 5.75 Å². The van der Waals surface area contributed by atoms with E-state index in [1.54, 1.807) is 48.6 Å². The van der Waals surface area contributed by atoms with Crippen LogP contribution in [-0.2, 0) is 6.54 Å². The third-order valence-corrected chi connectivity index (χ3v) is 3.97. The van der Waals surface area contributed by atoms with Crippen molar-refractivity contribution in [3.63, 3.8) is 0 Å². The van der Waals surface area contributed by atoms with Gasteiger partial charge in [0, 0.05) is 12.3 Å². The second-order valence-corrected chi connectivity index (χ2v) is 5.88. The van der Waals surface area contributed by atoms with Crippen molar-refractivity contribution in [3.8, 4) is 17.2 Å². The minimum Gasteiger partial charge on any atom is -0.497 e. The Bertz CT molecular complexity index is 1050. The summed E-state index contributed by atoms with van der Waals surface area (Å²) in [6, 6.07) is 12.9. The molecule has 3 heterocycles. The molecule has 27 heavy (non-hydrogen) atoms. The van der Waals surface area contributed by atoms with Crippen LogP contribution in [0.3, 0.4) is 0 Å². The number of hydrogen-bond donors (Lipinski definition) is 2. The number of anilines is 1. The highest BCUT2D eigenvalue weighted by molar-refractivity contribution is 6.03. The predicted molar refractivity (Wildman–Crippen MR) is 98.6 cm³/mol. The summed E-state index contributed by atoms with van der Waals surface area (Å²) in [4.78, 5) is 12.4. The minimum absolute atomic E-state index is 0.266. The normalized spacial score (nSPS) is 10.7. The number of ether oxygens (including phenoxy) is 1. The molecule has 2 N–H and O–H groups in total. The summed E-state index contributed by atoms with van der Waals surface area (Å²) in [5, 5.41) is 13.9. The summed E-state index contributed by atoms with van der Waals surface area (Å²) in [6.07, 6.45) is 4.92. The van der Waals surface area contributed by atoms with Crippen molar-refractivity contribution in [2.75, 3.05) is 12.4 Å². The Balaban J connectivity index is 1.42. The monoisotopic (exact) mass is 363 g/mol. The van der Waals surface area contributed by atoms with Gasteiger partial charge >= 0.3 is 0 Å². The van der Waals surface area contributed by atoms with E-state index in [4.69, 9.17) is 9.15 Å². The smallest absolute Gasteiger partial charge is 0.276 e. The van der Waals surface area contributed by atoms with E-state index in [9.17, 15) is 4.79 Å². The fraction of sp³-hybridized carbons (Fsp3) is 0.105. The van der Waals surface area contributed by atoms with Gasteiger partial charge in [-0.25, -0.2) is 0 Å². The first kappa shape index (κ1) is 16.6. The molecule has 136 valence electrons. The molecule has 8 heteroatoms. The Morgan fingerprint density at radius 2 is 2.22 bits per heavy atom.